The van der Waals surface area contributed by atoms with E-state index in [0.29, 0.717) is 6.04 Å². The van der Waals surface area contributed by atoms with Crippen molar-refractivity contribution in [2.45, 2.75) is 45.2 Å². The molecule has 2 nitrogen and oxygen atoms in total. The Labute approximate surface area is 69.8 Å². The third kappa shape index (κ3) is 2.46. The van der Waals surface area contributed by atoms with E-state index in [4.69, 9.17) is 5.73 Å². The summed E-state index contributed by atoms with van der Waals surface area (Å²) in [5.41, 5.74) is 5.81. The van der Waals surface area contributed by atoms with E-state index in [9.17, 15) is 0 Å². The second-order valence-corrected chi connectivity index (χ2v) is 3.63. The fraction of sp³-hybridized carbons (Fsp3) is 1.00. The lowest BCUT2D eigenvalue weighted by atomic mass is 10.0. The predicted octanol–water partition coefficient (Wildman–Crippen LogP) is 1.21. The van der Waals surface area contributed by atoms with Gasteiger partial charge in [-0.2, -0.15) is 0 Å². The Bertz CT molecular complexity index is 106. The molecule has 0 aromatic carbocycles. The summed E-state index contributed by atoms with van der Waals surface area (Å²) in [4.78, 5) is 2.54. The van der Waals surface area contributed by atoms with Gasteiger partial charge in [0.05, 0.1) is 0 Å². The van der Waals surface area contributed by atoms with Gasteiger partial charge in [0, 0.05) is 12.1 Å². The van der Waals surface area contributed by atoms with Crippen molar-refractivity contribution in [2.24, 2.45) is 5.73 Å². The summed E-state index contributed by atoms with van der Waals surface area (Å²) in [5.74, 6) is 0. The zero-order valence-corrected chi connectivity index (χ0v) is 7.71. The molecular weight excluding hydrogens is 136 g/mol. The number of rotatable bonds is 2. The molecule has 1 fully saturated rings. The Morgan fingerprint density at radius 3 is 2.45 bits per heavy atom. The van der Waals surface area contributed by atoms with Gasteiger partial charge in [-0.15, -0.1) is 0 Å². The lowest BCUT2D eigenvalue weighted by Gasteiger charge is -2.34. The molecule has 1 aliphatic heterocycles. The van der Waals surface area contributed by atoms with Gasteiger partial charge in [-0.3, -0.25) is 0 Å². The summed E-state index contributed by atoms with van der Waals surface area (Å²) < 4.78 is 0. The highest BCUT2D eigenvalue weighted by Crippen LogP contribution is 2.12. The standard InChI is InChI=1S/C9H20N2/c1-3-8(2)11-6-4-9(10)5-7-11/h8-9H,3-7,10H2,1-2H3/t8-/m0/s1. The van der Waals surface area contributed by atoms with Crippen LogP contribution in [0.1, 0.15) is 33.1 Å². The van der Waals surface area contributed by atoms with Crippen LogP contribution in [0.5, 0.6) is 0 Å². The van der Waals surface area contributed by atoms with E-state index in [-0.39, 0.29) is 0 Å². The highest BCUT2D eigenvalue weighted by atomic mass is 15.2. The van der Waals surface area contributed by atoms with Gasteiger partial charge in [0.15, 0.2) is 0 Å². The number of hydrogen-bond acceptors (Lipinski definition) is 2. The first-order valence-electron chi connectivity index (χ1n) is 4.73. The summed E-state index contributed by atoms with van der Waals surface area (Å²) in [6, 6.07) is 1.22. The molecule has 1 aliphatic rings. The molecule has 0 aliphatic carbocycles. The van der Waals surface area contributed by atoms with Crippen LogP contribution in [0.4, 0.5) is 0 Å². The van der Waals surface area contributed by atoms with Crippen LogP contribution in [0.25, 0.3) is 0 Å². The van der Waals surface area contributed by atoms with Crippen LogP contribution in [0.15, 0.2) is 0 Å². The summed E-state index contributed by atoms with van der Waals surface area (Å²) >= 11 is 0. The lowest BCUT2D eigenvalue weighted by molar-refractivity contribution is 0.159. The van der Waals surface area contributed by atoms with Crippen LogP contribution < -0.4 is 5.73 Å². The van der Waals surface area contributed by atoms with Crippen molar-refractivity contribution in [3.63, 3.8) is 0 Å². The van der Waals surface area contributed by atoms with Gasteiger partial charge in [0.2, 0.25) is 0 Å². The molecule has 1 rings (SSSR count). The minimum absolute atomic E-state index is 0.468. The van der Waals surface area contributed by atoms with Crippen LogP contribution >= 0.6 is 0 Å². The van der Waals surface area contributed by atoms with E-state index in [2.05, 4.69) is 18.7 Å². The minimum atomic E-state index is 0.468. The lowest BCUT2D eigenvalue weighted by Crippen LogP contribution is -2.43. The molecule has 0 unspecified atom stereocenters. The maximum Gasteiger partial charge on any atom is 0.00643 e. The zero-order valence-electron chi connectivity index (χ0n) is 7.71. The van der Waals surface area contributed by atoms with Gasteiger partial charge < -0.3 is 10.6 Å². The number of nitrogens with zero attached hydrogens (tertiary/aromatic N) is 1. The molecule has 0 saturated carbocycles. The summed E-state index contributed by atoms with van der Waals surface area (Å²) in [5, 5.41) is 0. The SMILES string of the molecule is CC[C@H](C)N1CCC(N)CC1. The minimum Gasteiger partial charge on any atom is -0.328 e. The second kappa shape index (κ2) is 4.07. The molecule has 1 heterocycles. The van der Waals surface area contributed by atoms with Crippen LogP contribution in [0, 0.1) is 0 Å². The Balaban J connectivity index is 2.27. The summed E-state index contributed by atoms with van der Waals surface area (Å²) in [7, 11) is 0. The van der Waals surface area contributed by atoms with Crippen molar-refractivity contribution in [2.75, 3.05) is 13.1 Å². The average Bonchev–Trinajstić information content (AvgIpc) is 2.05. The third-order valence-electron chi connectivity index (χ3n) is 2.79. The number of hydrogen-bond donors (Lipinski definition) is 1. The van der Waals surface area contributed by atoms with Gasteiger partial charge >= 0.3 is 0 Å². The van der Waals surface area contributed by atoms with Crippen molar-refractivity contribution < 1.29 is 0 Å². The van der Waals surface area contributed by atoms with E-state index in [1.165, 1.54) is 32.4 Å². The van der Waals surface area contributed by atoms with E-state index in [1.54, 1.807) is 0 Å². The van der Waals surface area contributed by atoms with E-state index < -0.39 is 0 Å². The van der Waals surface area contributed by atoms with Crippen molar-refractivity contribution in [1.82, 2.24) is 4.90 Å². The zero-order chi connectivity index (χ0) is 8.27. The Morgan fingerprint density at radius 1 is 1.45 bits per heavy atom. The van der Waals surface area contributed by atoms with Gasteiger partial charge in [-0.05, 0) is 39.3 Å². The molecule has 11 heavy (non-hydrogen) atoms. The van der Waals surface area contributed by atoms with E-state index in [0.717, 1.165) is 6.04 Å². The van der Waals surface area contributed by atoms with Gasteiger partial charge in [-0.25, -0.2) is 0 Å². The number of piperidine rings is 1. The molecule has 66 valence electrons. The van der Waals surface area contributed by atoms with Crippen molar-refractivity contribution in [3.8, 4) is 0 Å². The Kier molecular flexibility index (Phi) is 3.34. The molecule has 1 atom stereocenters. The molecule has 0 radical (unpaired) electrons. The normalized spacial score (nSPS) is 25.4. The molecule has 0 bridgehead atoms. The van der Waals surface area contributed by atoms with Crippen LogP contribution in [-0.4, -0.2) is 30.1 Å². The first-order valence-corrected chi connectivity index (χ1v) is 4.73. The topological polar surface area (TPSA) is 29.3 Å². The van der Waals surface area contributed by atoms with Crippen molar-refractivity contribution in [3.05, 3.63) is 0 Å². The first-order chi connectivity index (χ1) is 5.24. The van der Waals surface area contributed by atoms with E-state index >= 15 is 0 Å². The van der Waals surface area contributed by atoms with Crippen LogP contribution in [-0.2, 0) is 0 Å². The maximum atomic E-state index is 5.81. The molecule has 0 aromatic rings. The molecule has 0 aromatic heterocycles. The fourth-order valence-corrected chi connectivity index (χ4v) is 1.62. The Hall–Kier alpha value is -0.0800. The highest BCUT2D eigenvalue weighted by Gasteiger charge is 2.18. The van der Waals surface area contributed by atoms with E-state index in [1.807, 2.05) is 0 Å². The monoisotopic (exact) mass is 156 g/mol. The van der Waals surface area contributed by atoms with Crippen molar-refractivity contribution >= 4 is 0 Å². The second-order valence-electron chi connectivity index (χ2n) is 3.63. The molecular formula is C9H20N2. The largest absolute Gasteiger partial charge is 0.328 e. The maximum absolute atomic E-state index is 5.81. The molecule has 2 N–H and O–H groups in total. The highest BCUT2D eigenvalue weighted by molar-refractivity contribution is 4.76. The number of nitrogens with two attached hydrogens (primary N) is 1. The molecule has 1 saturated heterocycles. The molecule has 0 spiro atoms. The Morgan fingerprint density at radius 2 is 2.00 bits per heavy atom. The van der Waals surface area contributed by atoms with Crippen LogP contribution in [0.2, 0.25) is 0 Å². The average molecular weight is 156 g/mol. The third-order valence-corrected chi connectivity index (χ3v) is 2.79. The number of likely N-dealkylation sites (tertiary alicyclic amines) is 1. The van der Waals surface area contributed by atoms with Gasteiger partial charge in [0.25, 0.3) is 0 Å². The molecule has 0 amide bonds. The predicted molar refractivity (Wildman–Crippen MR) is 48.5 cm³/mol. The van der Waals surface area contributed by atoms with Gasteiger partial charge in [-0.1, -0.05) is 6.92 Å². The van der Waals surface area contributed by atoms with Crippen molar-refractivity contribution in [1.29, 1.82) is 0 Å². The first kappa shape index (κ1) is 9.01. The molecule has 2 heteroatoms. The van der Waals surface area contributed by atoms with Crippen LogP contribution in [0.3, 0.4) is 0 Å². The quantitative estimate of drug-likeness (QED) is 0.651. The smallest absolute Gasteiger partial charge is 0.00643 e. The fourth-order valence-electron chi connectivity index (χ4n) is 1.62. The summed E-state index contributed by atoms with van der Waals surface area (Å²) in [6.07, 6.45) is 3.63. The summed E-state index contributed by atoms with van der Waals surface area (Å²) in [6.45, 7) is 6.96. The van der Waals surface area contributed by atoms with Gasteiger partial charge in [0.1, 0.15) is 0 Å².